The van der Waals surface area contributed by atoms with Crippen molar-refractivity contribution in [1.29, 1.82) is 0 Å². The summed E-state index contributed by atoms with van der Waals surface area (Å²) in [6.45, 7) is 8.68. The molecule has 0 fully saturated rings. The minimum absolute atomic E-state index is 0.145. The summed E-state index contributed by atoms with van der Waals surface area (Å²) >= 11 is 0. The molecular formula is C11H19N3. The number of hydrogen-bond acceptors (Lipinski definition) is 2. The highest BCUT2D eigenvalue weighted by atomic mass is 15.1. The second-order valence-corrected chi connectivity index (χ2v) is 5.06. The molecule has 78 valence electrons. The highest BCUT2D eigenvalue weighted by Gasteiger charge is 2.24. The third kappa shape index (κ3) is 1.46. The SMILES string of the molecule is Cn1c(C(C)(C)C)nc2c1CNCC2. The average molecular weight is 193 g/mol. The molecule has 0 unspecified atom stereocenters. The largest absolute Gasteiger partial charge is 0.333 e. The molecule has 1 aromatic rings. The van der Waals surface area contributed by atoms with Crippen LogP contribution in [0.4, 0.5) is 0 Å². The molecule has 1 aliphatic heterocycles. The lowest BCUT2D eigenvalue weighted by molar-refractivity contribution is 0.515. The van der Waals surface area contributed by atoms with Crippen LogP contribution in [0.1, 0.15) is 38.0 Å². The second kappa shape index (κ2) is 3.09. The number of imidazole rings is 1. The summed E-state index contributed by atoms with van der Waals surface area (Å²) in [6, 6.07) is 0. The topological polar surface area (TPSA) is 29.9 Å². The van der Waals surface area contributed by atoms with Crippen molar-refractivity contribution in [3.05, 3.63) is 17.2 Å². The lowest BCUT2D eigenvalue weighted by Crippen LogP contribution is -2.25. The zero-order valence-corrected chi connectivity index (χ0v) is 9.52. The van der Waals surface area contributed by atoms with Crippen molar-refractivity contribution < 1.29 is 0 Å². The Hall–Kier alpha value is -0.830. The van der Waals surface area contributed by atoms with E-state index in [0.717, 1.165) is 19.5 Å². The van der Waals surface area contributed by atoms with Crippen molar-refractivity contribution in [1.82, 2.24) is 14.9 Å². The summed E-state index contributed by atoms with van der Waals surface area (Å²) in [5.74, 6) is 1.20. The van der Waals surface area contributed by atoms with Crippen LogP contribution >= 0.6 is 0 Å². The van der Waals surface area contributed by atoms with Crippen LogP contribution in [0.2, 0.25) is 0 Å². The Morgan fingerprint density at radius 2 is 2.07 bits per heavy atom. The number of hydrogen-bond donors (Lipinski definition) is 1. The molecule has 0 amide bonds. The van der Waals surface area contributed by atoms with Gasteiger partial charge < -0.3 is 9.88 Å². The standard InChI is InChI=1S/C11H19N3/c1-11(2,3)10-13-8-5-6-12-7-9(8)14(10)4/h12H,5-7H2,1-4H3. The zero-order valence-electron chi connectivity index (χ0n) is 9.52. The van der Waals surface area contributed by atoms with Gasteiger partial charge in [-0.1, -0.05) is 20.8 Å². The molecule has 0 atom stereocenters. The van der Waals surface area contributed by atoms with Crippen molar-refractivity contribution in [3.8, 4) is 0 Å². The number of nitrogens with one attached hydrogen (secondary N) is 1. The number of nitrogens with zero attached hydrogens (tertiary/aromatic N) is 2. The molecule has 1 aromatic heterocycles. The molecule has 0 spiro atoms. The highest BCUT2D eigenvalue weighted by Crippen LogP contribution is 2.24. The van der Waals surface area contributed by atoms with Gasteiger partial charge in [0.05, 0.1) is 11.4 Å². The van der Waals surface area contributed by atoms with E-state index in [2.05, 4.69) is 37.7 Å². The Morgan fingerprint density at radius 3 is 2.64 bits per heavy atom. The third-order valence-corrected chi connectivity index (χ3v) is 2.80. The number of aromatic nitrogens is 2. The summed E-state index contributed by atoms with van der Waals surface area (Å²) in [7, 11) is 2.12. The van der Waals surface area contributed by atoms with E-state index in [0.29, 0.717) is 0 Å². The van der Waals surface area contributed by atoms with E-state index < -0.39 is 0 Å². The maximum atomic E-state index is 4.74. The van der Waals surface area contributed by atoms with Crippen molar-refractivity contribution in [2.75, 3.05) is 6.54 Å². The molecule has 0 aromatic carbocycles. The van der Waals surface area contributed by atoms with Crippen molar-refractivity contribution >= 4 is 0 Å². The summed E-state index contributed by atoms with van der Waals surface area (Å²) in [6.07, 6.45) is 1.07. The molecule has 3 nitrogen and oxygen atoms in total. The quantitative estimate of drug-likeness (QED) is 0.674. The van der Waals surface area contributed by atoms with Gasteiger partial charge in [-0.05, 0) is 0 Å². The van der Waals surface area contributed by atoms with E-state index in [1.807, 2.05) is 0 Å². The maximum Gasteiger partial charge on any atom is 0.114 e. The van der Waals surface area contributed by atoms with Crippen LogP contribution in [0, 0.1) is 0 Å². The van der Waals surface area contributed by atoms with Gasteiger partial charge in [0, 0.05) is 32.0 Å². The van der Waals surface area contributed by atoms with E-state index in [1.165, 1.54) is 17.2 Å². The summed E-state index contributed by atoms with van der Waals surface area (Å²) < 4.78 is 2.25. The fourth-order valence-corrected chi connectivity index (χ4v) is 2.09. The van der Waals surface area contributed by atoms with E-state index in [1.54, 1.807) is 0 Å². The molecular weight excluding hydrogens is 174 g/mol. The van der Waals surface area contributed by atoms with Crippen LogP contribution in [0.25, 0.3) is 0 Å². The lowest BCUT2D eigenvalue weighted by atomic mass is 9.96. The first-order chi connectivity index (χ1) is 6.50. The molecule has 14 heavy (non-hydrogen) atoms. The first-order valence-electron chi connectivity index (χ1n) is 5.26. The van der Waals surface area contributed by atoms with E-state index in [4.69, 9.17) is 4.98 Å². The molecule has 3 heteroatoms. The van der Waals surface area contributed by atoms with Crippen LogP contribution < -0.4 is 5.32 Å². The van der Waals surface area contributed by atoms with Crippen LogP contribution in [-0.2, 0) is 25.4 Å². The number of rotatable bonds is 0. The predicted octanol–water partition coefficient (Wildman–Crippen LogP) is 1.36. The summed E-state index contributed by atoms with van der Waals surface area (Å²) in [4.78, 5) is 4.74. The van der Waals surface area contributed by atoms with Gasteiger partial charge in [0.1, 0.15) is 5.82 Å². The number of fused-ring (bicyclic) bond motifs is 1. The molecule has 0 aliphatic carbocycles. The molecule has 0 saturated carbocycles. The summed E-state index contributed by atoms with van der Waals surface area (Å²) in [5, 5.41) is 3.39. The van der Waals surface area contributed by atoms with Crippen molar-refractivity contribution in [2.45, 2.75) is 39.2 Å². The van der Waals surface area contributed by atoms with E-state index in [9.17, 15) is 0 Å². The van der Waals surface area contributed by atoms with Gasteiger partial charge in [-0.3, -0.25) is 0 Å². The Bertz CT molecular complexity index is 344. The van der Waals surface area contributed by atoms with Crippen molar-refractivity contribution in [2.24, 2.45) is 7.05 Å². The van der Waals surface area contributed by atoms with Gasteiger partial charge >= 0.3 is 0 Å². The smallest absolute Gasteiger partial charge is 0.114 e. The van der Waals surface area contributed by atoms with Crippen LogP contribution in [-0.4, -0.2) is 16.1 Å². The molecule has 2 rings (SSSR count). The van der Waals surface area contributed by atoms with Gasteiger partial charge in [-0.2, -0.15) is 0 Å². The van der Waals surface area contributed by atoms with Crippen LogP contribution in [0.15, 0.2) is 0 Å². The average Bonchev–Trinajstić information content (AvgIpc) is 2.44. The second-order valence-electron chi connectivity index (χ2n) is 5.06. The molecule has 2 heterocycles. The summed E-state index contributed by atoms with van der Waals surface area (Å²) in [5.41, 5.74) is 2.80. The monoisotopic (exact) mass is 193 g/mol. The minimum atomic E-state index is 0.145. The highest BCUT2D eigenvalue weighted by molar-refractivity contribution is 5.22. The van der Waals surface area contributed by atoms with Gasteiger partial charge in [0.15, 0.2) is 0 Å². The van der Waals surface area contributed by atoms with Gasteiger partial charge in [-0.15, -0.1) is 0 Å². The van der Waals surface area contributed by atoms with E-state index >= 15 is 0 Å². The fourth-order valence-electron chi connectivity index (χ4n) is 2.09. The molecule has 1 aliphatic rings. The van der Waals surface area contributed by atoms with Crippen molar-refractivity contribution in [3.63, 3.8) is 0 Å². The Morgan fingerprint density at radius 1 is 1.36 bits per heavy atom. The first-order valence-corrected chi connectivity index (χ1v) is 5.26. The predicted molar refractivity (Wildman–Crippen MR) is 57.3 cm³/mol. The zero-order chi connectivity index (χ0) is 10.3. The molecule has 1 N–H and O–H groups in total. The van der Waals surface area contributed by atoms with Gasteiger partial charge in [-0.25, -0.2) is 4.98 Å². The van der Waals surface area contributed by atoms with E-state index in [-0.39, 0.29) is 5.41 Å². The lowest BCUT2D eigenvalue weighted by Gasteiger charge is -2.18. The minimum Gasteiger partial charge on any atom is -0.333 e. The van der Waals surface area contributed by atoms with Crippen LogP contribution in [0.5, 0.6) is 0 Å². The maximum absolute atomic E-state index is 4.74. The first kappa shape index (κ1) is 9.71. The Labute approximate surface area is 85.5 Å². The Kier molecular flexibility index (Phi) is 2.14. The van der Waals surface area contributed by atoms with Gasteiger partial charge in [0.2, 0.25) is 0 Å². The fraction of sp³-hybridized carbons (Fsp3) is 0.727. The van der Waals surface area contributed by atoms with Gasteiger partial charge in [0.25, 0.3) is 0 Å². The molecule has 0 radical (unpaired) electrons. The Balaban J connectivity index is 2.49. The molecule has 0 saturated heterocycles. The van der Waals surface area contributed by atoms with Crippen LogP contribution in [0.3, 0.4) is 0 Å². The molecule has 0 bridgehead atoms. The normalized spacial score (nSPS) is 16.9. The third-order valence-electron chi connectivity index (χ3n) is 2.80.